The van der Waals surface area contributed by atoms with Gasteiger partial charge in [-0.15, -0.1) is 0 Å². The Morgan fingerprint density at radius 1 is 1.19 bits per heavy atom. The SMILES string of the molecule is COc1ccc([C@@H](CNC(=O)CCc2nc3ccccc3[nH]c2=O)N2CCOCC2)cc1. The molecular formula is C24H28N4O4. The van der Waals surface area contributed by atoms with E-state index in [1.54, 1.807) is 7.11 Å². The highest BCUT2D eigenvalue weighted by Gasteiger charge is 2.23. The van der Waals surface area contributed by atoms with E-state index < -0.39 is 0 Å². The number of hydrogen-bond donors (Lipinski definition) is 2. The Bertz CT molecular complexity index is 1110. The third-order valence-electron chi connectivity index (χ3n) is 5.74. The zero-order valence-corrected chi connectivity index (χ0v) is 18.2. The highest BCUT2D eigenvalue weighted by atomic mass is 16.5. The standard InChI is InChI=1S/C24H28N4O4/c1-31-18-8-6-17(7-9-18)22(28-12-14-32-15-13-28)16-25-23(29)11-10-21-24(30)27-20-5-3-2-4-19(20)26-21/h2-9,22H,10-16H2,1H3,(H,25,29)(H,27,30)/t22-/m1/s1. The smallest absolute Gasteiger partial charge is 0.270 e. The van der Waals surface area contributed by atoms with Gasteiger partial charge in [0.15, 0.2) is 0 Å². The Morgan fingerprint density at radius 3 is 2.69 bits per heavy atom. The Hall–Kier alpha value is -3.23. The van der Waals surface area contributed by atoms with Crippen molar-refractivity contribution in [2.75, 3.05) is 40.0 Å². The minimum absolute atomic E-state index is 0.0379. The number of morpholine rings is 1. The van der Waals surface area contributed by atoms with Gasteiger partial charge in [0.25, 0.3) is 5.56 Å². The second-order valence-corrected chi connectivity index (χ2v) is 7.77. The largest absolute Gasteiger partial charge is 0.497 e. The molecule has 4 rings (SSSR count). The van der Waals surface area contributed by atoms with Crippen molar-refractivity contribution in [3.8, 4) is 5.75 Å². The molecule has 2 aromatic carbocycles. The molecule has 1 fully saturated rings. The number of rotatable bonds is 8. The molecule has 8 heteroatoms. The first-order valence-corrected chi connectivity index (χ1v) is 10.8. The van der Waals surface area contributed by atoms with Crippen LogP contribution < -0.4 is 15.6 Å². The van der Waals surface area contributed by atoms with E-state index in [1.807, 2.05) is 48.5 Å². The topological polar surface area (TPSA) is 96.5 Å². The number of hydrogen-bond acceptors (Lipinski definition) is 6. The van der Waals surface area contributed by atoms with Crippen molar-refractivity contribution < 1.29 is 14.3 Å². The molecule has 0 bridgehead atoms. The Kier molecular flexibility index (Phi) is 7.14. The number of amides is 1. The van der Waals surface area contributed by atoms with Crippen molar-refractivity contribution in [2.45, 2.75) is 18.9 Å². The molecule has 2 heterocycles. The first-order valence-electron chi connectivity index (χ1n) is 10.8. The van der Waals surface area contributed by atoms with Crippen molar-refractivity contribution in [3.63, 3.8) is 0 Å². The fourth-order valence-corrected chi connectivity index (χ4v) is 3.94. The molecule has 1 aliphatic rings. The van der Waals surface area contributed by atoms with Gasteiger partial charge in [0, 0.05) is 32.5 Å². The van der Waals surface area contributed by atoms with Crippen LogP contribution in [-0.4, -0.2) is 60.7 Å². The third-order valence-corrected chi connectivity index (χ3v) is 5.74. The van der Waals surface area contributed by atoms with Gasteiger partial charge in [-0.05, 0) is 29.8 Å². The number of carbonyl (C=O) groups excluding carboxylic acids is 1. The van der Waals surface area contributed by atoms with Crippen LogP contribution in [0.3, 0.4) is 0 Å². The Labute approximate surface area is 186 Å². The molecule has 0 saturated carbocycles. The monoisotopic (exact) mass is 436 g/mol. The van der Waals surface area contributed by atoms with E-state index >= 15 is 0 Å². The normalized spacial score (nSPS) is 15.4. The quantitative estimate of drug-likeness (QED) is 0.561. The molecule has 0 unspecified atom stereocenters. The van der Waals surface area contributed by atoms with Crippen molar-refractivity contribution in [2.24, 2.45) is 0 Å². The number of carbonyl (C=O) groups is 1. The number of nitrogens with zero attached hydrogens (tertiary/aromatic N) is 2. The number of nitrogens with one attached hydrogen (secondary N) is 2. The van der Waals surface area contributed by atoms with Crippen molar-refractivity contribution >= 4 is 16.9 Å². The highest BCUT2D eigenvalue weighted by molar-refractivity contribution is 5.76. The minimum atomic E-state index is -0.249. The number of H-pyrrole nitrogens is 1. The van der Waals surface area contributed by atoms with Crippen LogP contribution in [0.15, 0.2) is 53.3 Å². The minimum Gasteiger partial charge on any atom is -0.497 e. The van der Waals surface area contributed by atoms with Crippen LogP contribution in [-0.2, 0) is 16.0 Å². The van der Waals surface area contributed by atoms with Crippen LogP contribution >= 0.6 is 0 Å². The second kappa shape index (κ2) is 10.4. The van der Waals surface area contributed by atoms with Gasteiger partial charge in [-0.1, -0.05) is 24.3 Å². The molecule has 3 aromatic rings. The number of ether oxygens (including phenoxy) is 2. The lowest BCUT2D eigenvalue weighted by Crippen LogP contribution is -2.43. The molecule has 0 spiro atoms. The van der Waals surface area contributed by atoms with Gasteiger partial charge < -0.3 is 19.8 Å². The van der Waals surface area contributed by atoms with Gasteiger partial charge in [0.05, 0.1) is 37.4 Å². The number of para-hydroxylation sites is 2. The molecule has 32 heavy (non-hydrogen) atoms. The summed E-state index contributed by atoms with van der Waals surface area (Å²) in [6.07, 6.45) is 0.490. The van der Waals surface area contributed by atoms with E-state index in [-0.39, 0.29) is 30.3 Å². The van der Waals surface area contributed by atoms with E-state index in [1.165, 1.54) is 0 Å². The molecule has 1 amide bonds. The van der Waals surface area contributed by atoms with Gasteiger partial charge in [0.2, 0.25) is 5.91 Å². The molecule has 0 radical (unpaired) electrons. The number of methoxy groups -OCH3 is 1. The number of aromatic amines is 1. The predicted molar refractivity (Wildman–Crippen MR) is 122 cm³/mol. The van der Waals surface area contributed by atoms with Crippen LogP contribution in [0.25, 0.3) is 11.0 Å². The van der Waals surface area contributed by atoms with E-state index in [0.29, 0.717) is 31.0 Å². The summed E-state index contributed by atoms with van der Waals surface area (Å²) in [5, 5.41) is 3.04. The first kappa shape index (κ1) is 22.0. The lowest BCUT2D eigenvalue weighted by Gasteiger charge is -2.35. The number of aryl methyl sites for hydroxylation is 1. The van der Waals surface area contributed by atoms with Crippen LogP contribution in [0.1, 0.15) is 23.7 Å². The number of aromatic nitrogens is 2. The summed E-state index contributed by atoms with van der Waals surface area (Å²) < 4.78 is 10.8. The van der Waals surface area contributed by atoms with Gasteiger partial charge in [-0.3, -0.25) is 14.5 Å². The van der Waals surface area contributed by atoms with Crippen LogP contribution in [0.4, 0.5) is 0 Å². The van der Waals surface area contributed by atoms with Gasteiger partial charge in [0.1, 0.15) is 11.4 Å². The van der Waals surface area contributed by atoms with Crippen molar-refractivity contribution in [1.29, 1.82) is 0 Å². The van der Waals surface area contributed by atoms with E-state index in [9.17, 15) is 9.59 Å². The molecule has 8 nitrogen and oxygen atoms in total. The molecular weight excluding hydrogens is 408 g/mol. The van der Waals surface area contributed by atoms with Gasteiger partial charge >= 0.3 is 0 Å². The highest BCUT2D eigenvalue weighted by Crippen LogP contribution is 2.23. The van der Waals surface area contributed by atoms with Gasteiger partial charge in [-0.2, -0.15) is 0 Å². The summed E-state index contributed by atoms with van der Waals surface area (Å²) in [5.74, 6) is 0.692. The summed E-state index contributed by atoms with van der Waals surface area (Å²) >= 11 is 0. The van der Waals surface area contributed by atoms with Crippen molar-refractivity contribution in [3.05, 3.63) is 70.1 Å². The van der Waals surface area contributed by atoms with Crippen LogP contribution in [0, 0.1) is 0 Å². The lowest BCUT2D eigenvalue weighted by atomic mass is 10.0. The summed E-state index contributed by atoms with van der Waals surface area (Å²) in [6.45, 7) is 3.45. The number of benzene rings is 2. The molecule has 2 N–H and O–H groups in total. The Morgan fingerprint density at radius 2 is 1.94 bits per heavy atom. The van der Waals surface area contributed by atoms with E-state index in [0.717, 1.165) is 29.9 Å². The zero-order valence-electron chi connectivity index (χ0n) is 18.2. The Balaban J connectivity index is 1.39. The van der Waals surface area contributed by atoms with Gasteiger partial charge in [-0.25, -0.2) is 4.98 Å². The average Bonchev–Trinajstić information content (AvgIpc) is 2.84. The molecule has 1 aromatic heterocycles. The maximum Gasteiger partial charge on any atom is 0.270 e. The maximum atomic E-state index is 12.6. The fourth-order valence-electron chi connectivity index (χ4n) is 3.94. The van der Waals surface area contributed by atoms with Crippen molar-refractivity contribution in [1.82, 2.24) is 20.2 Å². The second-order valence-electron chi connectivity index (χ2n) is 7.77. The van der Waals surface area contributed by atoms with E-state index in [2.05, 4.69) is 20.2 Å². The molecule has 1 aliphatic heterocycles. The average molecular weight is 437 g/mol. The fraction of sp³-hybridized carbons (Fsp3) is 0.375. The maximum absolute atomic E-state index is 12.6. The molecule has 168 valence electrons. The molecule has 1 atom stereocenters. The first-order chi connectivity index (χ1) is 15.6. The summed E-state index contributed by atoms with van der Waals surface area (Å²) in [7, 11) is 1.64. The van der Waals surface area contributed by atoms with Crippen LogP contribution in [0.5, 0.6) is 5.75 Å². The summed E-state index contributed by atoms with van der Waals surface area (Å²) in [4.78, 5) is 34.4. The predicted octanol–water partition coefficient (Wildman–Crippen LogP) is 2.05. The van der Waals surface area contributed by atoms with E-state index in [4.69, 9.17) is 9.47 Å². The zero-order chi connectivity index (χ0) is 22.3. The summed E-state index contributed by atoms with van der Waals surface area (Å²) in [5.41, 5.74) is 2.65. The number of fused-ring (bicyclic) bond motifs is 1. The van der Waals surface area contributed by atoms with Crippen LogP contribution in [0.2, 0.25) is 0 Å². The third kappa shape index (κ3) is 5.33. The summed E-state index contributed by atoms with van der Waals surface area (Å²) in [6, 6.07) is 15.3. The molecule has 1 saturated heterocycles. The lowest BCUT2D eigenvalue weighted by molar-refractivity contribution is -0.121. The molecule has 0 aliphatic carbocycles.